The number of hydrogen-bond acceptors (Lipinski definition) is 5. The van der Waals surface area contributed by atoms with E-state index >= 15 is 0 Å². The first-order chi connectivity index (χ1) is 9.28. The molecule has 0 amide bonds. The number of rotatable bonds is 2. The number of terminal acetylenes is 1. The minimum atomic E-state index is -0.249. The molecule has 0 aliphatic heterocycles. The number of aromatic nitrogens is 4. The van der Waals surface area contributed by atoms with Gasteiger partial charge in [-0.15, -0.1) is 6.42 Å². The number of aryl methyl sites for hydroxylation is 1. The van der Waals surface area contributed by atoms with E-state index in [-0.39, 0.29) is 5.92 Å². The highest BCUT2D eigenvalue weighted by atomic mass is 32.1. The number of nitrogens with zero attached hydrogens (tertiary/aromatic N) is 4. The van der Waals surface area contributed by atoms with Gasteiger partial charge in [-0.05, 0) is 25.1 Å². The summed E-state index contributed by atoms with van der Waals surface area (Å²) < 4.78 is 0. The Hall–Kier alpha value is -2.32. The molecule has 0 saturated heterocycles. The molecule has 5 heteroatoms. The van der Waals surface area contributed by atoms with Crippen LogP contribution in [0.15, 0.2) is 30.6 Å². The lowest BCUT2D eigenvalue weighted by Gasteiger charge is -2.06. The maximum atomic E-state index is 5.64. The number of thiazole rings is 1. The zero-order valence-electron chi connectivity index (χ0n) is 10.2. The Morgan fingerprint density at radius 1 is 1.21 bits per heavy atom. The molecule has 4 nitrogen and oxygen atoms in total. The topological polar surface area (TPSA) is 51.6 Å². The van der Waals surface area contributed by atoms with Crippen LogP contribution in [0.2, 0.25) is 0 Å². The molecule has 3 heterocycles. The smallest absolute Gasteiger partial charge is 0.143 e. The normalized spacial score (nSPS) is 12.2. The highest BCUT2D eigenvalue weighted by Crippen LogP contribution is 2.29. The van der Waals surface area contributed by atoms with E-state index < -0.39 is 0 Å². The first kappa shape index (κ1) is 11.8. The molecule has 19 heavy (non-hydrogen) atoms. The highest BCUT2D eigenvalue weighted by molar-refractivity contribution is 7.18. The van der Waals surface area contributed by atoms with Crippen LogP contribution in [0, 0.1) is 19.3 Å². The van der Waals surface area contributed by atoms with Crippen molar-refractivity contribution in [3.8, 4) is 12.3 Å². The van der Waals surface area contributed by atoms with Crippen LogP contribution < -0.4 is 0 Å². The Labute approximate surface area is 114 Å². The molecule has 0 spiro atoms. The van der Waals surface area contributed by atoms with Crippen LogP contribution in [0.5, 0.6) is 0 Å². The molecule has 92 valence electrons. The quantitative estimate of drug-likeness (QED) is 0.669. The maximum Gasteiger partial charge on any atom is 0.143 e. The van der Waals surface area contributed by atoms with Crippen LogP contribution in [0.3, 0.4) is 0 Å². The standard InChI is InChI=1S/C14H10N4S/c1-3-10(11-6-8-15-9(2)17-11)13-18-12-5-4-7-16-14(12)19-13/h1,4-8,10H,2H3. The molecule has 0 aliphatic rings. The van der Waals surface area contributed by atoms with Gasteiger partial charge in [-0.2, -0.15) is 0 Å². The maximum absolute atomic E-state index is 5.64. The van der Waals surface area contributed by atoms with Crippen LogP contribution in [0.25, 0.3) is 10.3 Å². The van der Waals surface area contributed by atoms with Gasteiger partial charge in [0.05, 0.1) is 5.69 Å². The molecule has 1 unspecified atom stereocenters. The molecule has 3 aromatic rings. The van der Waals surface area contributed by atoms with Crippen molar-refractivity contribution in [3.63, 3.8) is 0 Å². The molecule has 0 fully saturated rings. The predicted molar refractivity (Wildman–Crippen MR) is 74.9 cm³/mol. The molecule has 1 atom stereocenters. The molecular formula is C14H10N4S. The van der Waals surface area contributed by atoms with Gasteiger partial charge in [-0.25, -0.2) is 19.9 Å². The fourth-order valence-corrected chi connectivity index (χ4v) is 2.81. The van der Waals surface area contributed by atoms with Crippen molar-refractivity contribution in [1.82, 2.24) is 19.9 Å². The lowest BCUT2D eigenvalue weighted by Crippen LogP contribution is -2.02. The fourth-order valence-electron chi connectivity index (χ4n) is 1.83. The summed E-state index contributed by atoms with van der Waals surface area (Å²) in [7, 11) is 0. The molecule has 0 radical (unpaired) electrons. The van der Waals surface area contributed by atoms with Gasteiger partial charge in [0.2, 0.25) is 0 Å². The van der Waals surface area contributed by atoms with Crippen molar-refractivity contribution in [1.29, 1.82) is 0 Å². The summed E-state index contributed by atoms with van der Waals surface area (Å²) in [4.78, 5) is 18.2. The van der Waals surface area contributed by atoms with Crippen LogP contribution in [-0.4, -0.2) is 19.9 Å². The molecular weight excluding hydrogens is 256 g/mol. The van der Waals surface area contributed by atoms with E-state index in [0.717, 1.165) is 21.0 Å². The summed E-state index contributed by atoms with van der Waals surface area (Å²) in [5.74, 6) is 3.21. The lowest BCUT2D eigenvalue weighted by molar-refractivity contribution is 0.914. The SMILES string of the molecule is C#CC(c1ccnc(C)n1)c1nc2cccnc2s1. The zero-order chi connectivity index (χ0) is 13.2. The van der Waals surface area contributed by atoms with Gasteiger partial charge in [0.25, 0.3) is 0 Å². The Balaban J connectivity index is 2.10. The summed E-state index contributed by atoms with van der Waals surface area (Å²) >= 11 is 1.51. The molecule has 0 aromatic carbocycles. The summed E-state index contributed by atoms with van der Waals surface area (Å²) in [6, 6.07) is 5.63. The summed E-state index contributed by atoms with van der Waals surface area (Å²) in [6.45, 7) is 1.84. The molecule has 3 aromatic heterocycles. The third kappa shape index (κ3) is 2.18. The summed E-state index contributed by atoms with van der Waals surface area (Å²) in [6.07, 6.45) is 9.11. The van der Waals surface area contributed by atoms with Crippen LogP contribution in [0.4, 0.5) is 0 Å². The summed E-state index contributed by atoms with van der Waals surface area (Å²) in [5, 5.41) is 0.842. The molecule has 0 N–H and O–H groups in total. The Kier molecular flexibility index (Phi) is 2.94. The average molecular weight is 266 g/mol. The second-order valence-electron chi connectivity index (χ2n) is 4.01. The van der Waals surface area contributed by atoms with Gasteiger partial charge in [0.1, 0.15) is 27.1 Å². The summed E-state index contributed by atoms with van der Waals surface area (Å²) in [5.41, 5.74) is 1.67. The van der Waals surface area contributed by atoms with Crippen molar-refractivity contribution in [2.24, 2.45) is 0 Å². The Bertz CT molecular complexity index is 739. The second kappa shape index (κ2) is 4.75. The Morgan fingerprint density at radius 2 is 2.11 bits per heavy atom. The third-order valence-electron chi connectivity index (χ3n) is 2.69. The van der Waals surface area contributed by atoms with Crippen molar-refractivity contribution < 1.29 is 0 Å². The van der Waals surface area contributed by atoms with Crippen molar-refractivity contribution in [2.75, 3.05) is 0 Å². The first-order valence-electron chi connectivity index (χ1n) is 5.75. The third-order valence-corrected chi connectivity index (χ3v) is 3.73. The van der Waals surface area contributed by atoms with Crippen LogP contribution >= 0.6 is 11.3 Å². The number of pyridine rings is 1. The van der Waals surface area contributed by atoms with Gasteiger partial charge < -0.3 is 0 Å². The average Bonchev–Trinajstić information content (AvgIpc) is 2.83. The van der Waals surface area contributed by atoms with Crippen molar-refractivity contribution in [2.45, 2.75) is 12.8 Å². The molecule has 3 rings (SSSR count). The van der Waals surface area contributed by atoms with Gasteiger partial charge in [-0.3, -0.25) is 0 Å². The van der Waals surface area contributed by atoms with Crippen molar-refractivity contribution >= 4 is 21.7 Å². The Morgan fingerprint density at radius 3 is 2.84 bits per heavy atom. The van der Waals surface area contributed by atoms with Crippen LogP contribution in [0.1, 0.15) is 22.4 Å². The van der Waals surface area contributed by atoms with E-state index in [4.69, 9.17) is 6.42 Å². The van der Waals surface area contributed by atoms with E-state index in [1.54, 1.807) is 12.4 Å². The van der Waals surface area contributed by atoms with Crippen LogP contribution in [-0.2, 0) is 0 Å². The molecule has 0 aliphatic carbocycles. The van der Waals surface area contributed by atoms with Gasteiger partial charge in [-0.1, -0.05) is 17.3 Å². The van der Waals surface area contributed by atoms with E-state index in [2.05, 4.69) is 25.9 Å². The zero-order valence-corrected chi connectivity index (χ0v) is 11.1. The predicted octanol–water partition coefficient (Wildman–Crippen LogP) is 2.55. The highest BCUT2D eigenvalue weighted by Gasteiger charge is 2.18. The monoisotopic (exact) mass is 266 g/mol. The van der Waals surface area contributed by atoms with E-state index in [0.29, 0.717) is 5.82 Å². The van der Waals surface area contributed by atoms with E-state index in [1.165, 1.54) is 11.3 Å². The molecule has 0 bridgehead atoms. The minimum Gasteiger partial charge on any atom is -0.244 e. The first-order valence-corrected chi connectivity index (χ1v) is 6.56. The van der Waals surface area contributed by atoms with Crippen molar-refractivity contribution in [3.05, 3.63) is 47.1 Å². The second-order valence-corrected chi connectivity index (χ2v) is 5.02. The fraction of sp³-hybridized carbons (Fsp3) is 0.143. The molecule has 0 saturated carbocycles. The number of fused-ring (bicyclic) bond motifs is 1. The van der Waals surface area contributed by atoms with Gasteiger partial charge in [0.15, 0.2) is 0 Å². The minimum absolute atomic E-state index is 0.249. The van der Waals surface area contributed by atoms with E-state index in [1.807, 2.05) is 25.1 Å². The largest absolute Gasteiger partial charge is 0.244 e. The van der Waals surface area contributed by atoms with Gasteiger partial charge >= 0.3 is 0 Å². The number of hydrogen-bond donors (Lipinski definition) is 0. The van der Waals surface area contributed by atoms with E-state index in [9.17, 15) is 0 Å². The van der Waals surface area contributed by atoms with Gasteiger partial charge in [0, 0.05) is 12.4 Å². The lowest BCUT2D eigenvalue weighted by atomic mass is 10.1.